The molecule has 29 heavy (non-hydrogen) atoms. The van der Waals surface area contributed by atoms with E-state index in [1.165, 1.54) is 11.3 Å². The first-order valence-corrected chi connectivity index (χ1v) is 10.2. The van der Waals surface area contributed by atoms with E-state index in [0.717, 1.165) is 27.4 Å². The molecule has 1 N–H and O–H groups in total. The van der Waals surface area contributed by atoms with Crippen LogP contribution in [0.4, 0.5) is 13.2 Å². The summed E-state index contributed by atoms with van der Waals surface area (Å²) >= 11 is 1.42. The lowest BCUT2D eigenvalue weighted by atomic mass is 10.1. The molecule has 2 amide bonds. The van der Waals surface area contributed by atoms with Crippen LogP contribution >= 0.6 is 11.3 Å². The summed E-state index contributed by atoms with van der Waals surface area (Å²) in [4.78, 5) is 31.3. The Morgan fingerprint density at radius 3 is 2.76 bits per heavy atom. The zero-order valence-corrected chi connectivity index (χ0v) is 16.7. The van der Waals surface area contributed by atoms with Crippen LogP contribution < -0.4 is 5.32 Å². The van der Waals surface area contributed by atoms with Crippen molar-refractivity contribution in [1.82, 2.24) is 15.2 Å². The van der Waals surface area contributed by atoms with E-state index in [4.69, 9.17) is 0 Å². The fourth-order valence-electron chi connectivity index (χ4n) is 4.05. The molecule has 1 unspecified atom stereocenters. The van der Waals surface area contributed by atoms with Gasteiger partial charge in [-0.3, -0.25) is 9.59 Å². The van der Waals surface area contributed by atoms with Gasteiger partial charge >= 0.3 is 12.1 Å². The number of amides is 2. The maximum Gasteiger partial charge on any atom is 0.471 e. The van der Waals surface area contributed by atoms with Gasteiger partial charge in [-0.25, -0.2) is 4.98 Å². The zero-order valence-electron chi connectivity index (χ0n) is 15.9. The van der Waals surface area contributed by atoms with Gasteiger partial charge in [-0.15, -0.1) is 11.3 Å². The summed E-state index contributed by atoms with van der Waals surface area (Å²) in [6, 6.07) is 7.33. The third-order valence-electron chi connectivity index (χ3n) is 5.51. The molecular weight excluding hydrogens is 403 g/mol. The first kappa shape index (κ1) is 19.9. The lowest BCUT2D eigenvalue weighted by Crippen LogP contribution is -2.48. The molecule has 3 atom stereocenters. The standard InChI is InChI=1S/C20H20F3N3O2S/c1-10-4-3-5-12(6-10)17-16(25-11(2)29-17)18(27)26-9-13-7-14(13)15(26)8-24-19(28)20(21,22)23/h3-6,13-15H,7-9H2,1-2H3,(H,24,28)/t13-,14?,15-/m1/s1. The van der Waals surface area contributed by atoms with Crippen molar-refractivity contribution in [2.75, 3.05) is 13.1 Å². The molecule has 2 aromatic rings. The molecule has 2 fully saturated rings. The fourth-order valence-corrected chi connectivity index (χ4v) is 4.96. The number of benzene rings is 1. The molecule has 9 heteroatoms. The Hall–Kier alpha value is -2.42. The van der Waals surface area contributed by atoms with Crippen LogP contribution in [0.25, 0.3) is 10.4 Å². The number of fused-ring (bicyclic) bond motifs is 1. The monoisotopic (exact) mass is 423 g/mol. The highest BCUT2D eigenvalue weighted by Gasteiger charge is 2.54. The van der Waals surface area contributed by atoms with Crippen molar-refractivity contribution >= 4 is 23.2 Å². The Morgan fingerprint density at radius 1 is 1.31 bits per heavy atom. The third kappa shape index (κ3) is 3.88. The second kappa shape index (κ2) is 7.12. The second-order valence-corrected chi connectivity index (χ2v) is 8.88. The Morgan fingerprint density at radius 2 is 2.07 bits per heavy atom. The van der Waals surface area contributed by atoms with Gasteiger partial charge in [0.2, 0.25) is 0 Å². The Bertz CT molecular complexity index is 972. The number of nitrogens with one attached hydrogen (secondary N) is 1. The van der Waals surface area contributed by atoms with Gasteiger partial charge in [-0.1, -0.05) is 29.8 Å². The van der Waals surface area contributed by atoms with Gasteiger partial charge in [-0.2, -0.15) is 13.2 Å². The average Bonchev–Trinajstić information content (AvgIpc) is 3.16. The van der Waals surface area contributed by atoms with Gasteiger partial charge in [0, 0.05) is 13.1 Å². The smallest absolute Gasteiger partial charge is 0.346 e. The van der Waals surface area contributed by atoms with Crippen LogP contribution in [0.3, 0.4) is 0 Å². The Kier molecular flexibility index (Phi) is 4.88. The predicted octanol–water partition coefficient (Wildman–Crippen LogP) is 3.57. The number of aryl methyl sites for hydroxylation is 2. The van der Waals surface area contributed by atoms with Gasteiger partial charge in [0.25, 0.3) is 5.91 Å². The number of likely N-dealkylation sites (tertiary alicyclic amines) is 1. The summed E-state index contributed by atoms with van der Waals surface area (Å²) in [6.45, 7) is 4.07. The summed E-state index contributed by atoms with van der Waals surface area (Å²) in [5.41, 5.74) is 2.28. The van der Waals surface area contributed by atoms with Gasteiger partial charge < -0.3 is 10.2 Å². The first-order chi connectivity index (χ1) is 13.6. The van der Waals surface area contributed by atoms with E-state index >= 15 is 0 Å². The van der Waals surface area contributed by atoms with Crippen molar-refractivity contribution in [2.24, 2.45) is 11.8 Å². The number of rotatable bonds is 4. The number of aromatic nitrogens is 1. The summed E-state index contributed by atoms with van der Waals surface area (Å²) in [5.74, 6) is -1.84. The fraction of sp³-hybridized carbons (Fsp3) is 0.450. The highest BCUT2D eigenvalue weighted by atomic mass is 32.1. The Labute approximate surface area is 169 Å². The van der Waals surface area contributed by atoms with Crippen LogP contribution in [0.15, 0.2) is 24.3 Å². The summed E-state index contributed by atoms with van der Waals surface area (Å²) < 4.78 is 37.6. The van der Waals surface area contributed by atoms with E-state index in [1.807, 2.05) is 43.4 Å². The summed E-state index contributed by atoms with van der Waals surface area (Å²) in [7, 11) is 0. The van der Waals surface area contributed by atoms with Crippen LogP contribution in [0, 0.1) is 25.7 Å². The molecule has 0 radical (unpaired) electrons. The van der Waals surface area contributed by atoms with Crippen LogP contribution in [-0.2, 0) is 4.79 Å². The maximum absolute atomic E-state index is 13.3. The molecule has 1 aliphatic carbocycles. The average molecular weight is 423 g/mol. The minimum absolute atomic E-state index is 0.134. The van der Waals surface area contributed by atoms with Crippen molar-refractivity contribution in [2.45, 2.75) is 32.5 Å². The van der Waals surface area contributed by atoms with Crippen LogP contribution in [0.5, 0.6) is 0 Å². The first-order valence-electron chi connectivity index (χ1n) is 9.35. The highest BCUT2D eigenvalue weighted by Crippen LogP contribution is 2.50. The molecule has 1 saturated heterocycles. The van der Waals surface area contributed by atoms with Crippen molar-refractivity contribution in [3.8, 4) is 10.4 Å². The summed E-state index contributed by atoms with van der Waals surface area (Å²) in [5, 5.41) is 2.69. The molecule has 154 valence electrons. The lowest BCUT2D eigenvalue weighted by molar-refractivity contribution is -0.173. The number of thiazole rings is 1. The largest absolute Gasteiger partial charge is 0.471 e. The molecule has 4 rings (SSSR count). The molecule has 2 aliphatic rings. The zero-order chi connectivity index (χ0) is 20.9. The van der Waals surface area contributed by atoms with E-state index < -0.39 is 18.1 Å². The quantitative estimate of drug-likeness (QED) is 0.818. The molecule has 1 aliphatic heterocycles. The van der Waals surface area contributed by atoms with Crippen molar-refractivity contribution < 1.29 is 22.8 Å². The highest BCUT2D eigenvalue weighted by molar-refractivity contribution is 7.15. The molecule has 0 bridgehead atoms. The Balaban J connectivity index is 1.57. The normalized spacial score (nSPS) is 23.1. The van der Waals surface area contributed by atoms with Crippen molar-refractivity contribution in [1.29, 1.82) is 0 Å². The number of carbonyl (C=O) groups is 2. The van der Waals surface area contributed by atoms with Crippen LogP contribution in [-0.4, -0.2) is 47.0 Å². The van der Waals surface area contributed by atoms with Gasteiger partial charge in [0.1, 0.15) is 5.69 Å². The van der Waals surface area contributed by atoms with E-state index in [-0.39, 0.29) is 24.3 Å². The molecule has 1 saturated carbocycles. The van der Waals surface area contributed by atoms with E-state index in [2.05, 4.69) is 4.98 Å². The molecule has 1 aromatic heterocycles. The number of alkyl halides is 3. The number of hydrogen-bond acceptors (Lipinski definition) is 4. The number of nitrogens with zero attached hydrogens (tertiary/aromatic N) is 2. The topological polar surface area (TPSA) is 62.3 Å². The predicted molar refractivity (Wildman–Crippen MR) is 103 cm³/mol. The lowest BCUT2D eigenvalue weighted by Gasteiger charge is -2.27. The van der Waals surface area contributed by atoms with E-state index in [1.54, 1.807) is 4.90 Å². The second-order valence-electron chi connectivity index (χ2n) is 7.67. The minimum Gasteiger partial charge on any atom is -0.346 e. The molecule has 5 nitrogen and oxygen atoms in total. The summed E-state index contributed by atoms with van der Waals surface area (Å²) in [6.07, 6.45) is -4.06. The number of piperidine rings is 1. The number of hydrogen-bond donors (Lipinski definition) is 1. The van der Waals surface area contributed by atoms with Gasteiger partial charge in [-0.05, 0) is 37.7 Å². The van der Waals surface area contributed by atoms with Crippen LogP contribution in [0.1, 0.15) is 27.5 Å². The third-order valence-corrected chi connectivity index (χ3v) is 6.53. The molecular formula is C20H20F3N3O2S. The molecule has 1 aromatic carbocycles. The minimum atomic E-state index is -4.93. The van der Waals surface area contributed by atoms with Crippen molar-refractivity contribution in [3.05, 3.63) is 40.5 Å². The SMILES string of the molecule is Cc1cccc(-c2sc(C)nc2C(=O)N2C[C@H]3CC3[C@H]2CNC(=O)C(F)(F)F)c1. The van der Waals surface area contributed by atoms with Crippen LogP contribution in [0.2, 0.25) is 0 Å². The maximum atomic E-state index is 13.3. The van der Waals surface area contributed by atoms with Gasteiger partial charge in [0.15, 0.2) is 0 Å². The van der Waals surface area contributed by atoms with Crippen molar-refractivity contribution in [3.63, 3.8) is 0 Å². The number of halogens is 3. The van der Waals surface area contributed by atoms with Gasteiger partial charge in [0.05, 0.1) is 15.9 Å². The van der Waals surface area contributed by atoms with E-state index in [0.29, 0.717) is 12.2 Å². The molecule has 2 heterocycles. The van der Waals surface area contributed by atoms with E-state index in [9.17, 15) is 22.8 Å². The molecule has 0 spiro atoms. The number of carbonyl (C=O) groups excluding carboxylic acids is 2.